The van der Waals surface area contributed by atoms with Gasteiger partial charge in [0.05, 0.1) is 5.69 Å². The number of H-pyrrole nitrogens is 1. The number of aromatic nitrogens is 2. The predicted molar refractivity (Wildman–Crippen MR) is 71.6 cm³/mol. The molecular formula is C15H16N2O. The first-order valence-corrected chi connectivity index (χ1v) is 6.40. The fraction of sp³-hybridized carbons (Fsp3) is 0.333. The maximum atomic E-state index is 11.3. The molecule has 3 rings (SSSR count). The van der Waals surface area contributed by atoms with E-state index in [0.717, 1.165) is 16.8 Å². The summed E-state index contributed by atoms with van der Waals surface area (Å²) in [4.78, 5) is 17.9. The third kappa shape index (κ3) is 1.96. The van der Waals surface area contributed by atoms with E-state index in [1.165, 1.54) is 24.8 Å². The zero-order valence-corrected chi connectivity index (χ0v) is 10.4. The molecule has 0 amide bonds. The highest BCUT2D eigenvalue weighted by molar-refractivity contribution is 5.63. The molecule has 0 saturated heterocycles. The van der Waals surface area contributed by atoms with Gasteiger partial charge in [0.1, 0.15) is 0 Å². The van der Waals surface area contributed by atoms with Gasteiger partial charge in [0, 0.05) is 6.20 Å². The van der Waals surface area contributed by atoms with Crippen LogP contribution < -0.4 is 5.69 Å². The maximum absolute atomic E-state index is 11.3. The summed E-state index contributed by atoms with van der Waals surface area (Å²) >= 11 is 0. The number of benzene rings is 1. The first-order chi connectivity index (χ1) is 8.74. The monoisotopic (exact) mass is 240 g/mol. The maximum Gasteiger partial charge on any atom is 0.345 e. The quantitative estimate of drug-likeness (QED) is 0.877. The van der Waals surface area contributed by atoms with Crippen molar-refractivity contribution in [3.8, 4) is 11.3 Å². The molecule has 3 nitrogen and oxygen atoms in total. The molecule has 1 N–H and O–H groups in total. The average Bonchev–Trinajstić information content (AvgIpc) is 2.30. The molecule has 1 aliphatic rings. The summed E-state index contributed by atoms with van der Waals surface area (Å²) in [5.74, 6) is 0.707. The van der Waals surface area contributed by atoms with E-state index < -0.39 is 0 Å². The van der Waals surface area contributed by atoms with Crippen LogP contribution in [0.2, 0.25) is 0 Å². The van der Waals surface area contributed by atoms with Gasteiger partial charge in [-0.25, -0.2) is 9.78 Å². The largest absolute Gasteiger partial charge is 0.345 e. The van der Waals surface area contributed by atoms with E-state index in [2.05, 4.69) is 28.2 Å². The van der Waals surface area contributed by atoms with E-state index >= 15 is 0 Å². The average molecular weight is 240 g/mol. The Kier molecular flexibility index (Phi) is 2.74. The minimum Gasteiger partial charge on any atom is -0.305 e. The van der Waals surface area contributed by atoms with E-state index in [1.807, 2.05) is 13.0 Å². The lowest BCUT2D eigenvalue weighted by molar-refractivity contribution is 0.420. The van der Waals surface area contributed by atoms with Crippen molar-refractivity contribution in [2.24, 2.45) is 0 Å². The Morgan fingerprint density at radius 1 is 1.33 bits per heavy atom. The van der Waals surface area contributed by atoms with Crippen molar-refractivity contribution in [2.45, 2.75) is 32.1 Å². The van der Waals surface area contributed by atoms with Crippen molar-refractivity contribution in [3.63, 3.8) is 0 Å². The van der Waals surface area contributed by atoms with E-state index in [4.69, 9.17) is 0 Å². The van der Waals surface area contributed by atoms with E-state index in [-0.39, 0.29) is 5.69 Å². The molecule has 1 saturated carbocycles. The van der Waals surface area contributed by atoms with Crippen molar-refractivity contribution in [3.05, 3.63) is 52.1 Å². The smallest absolute Gasteiger partial charge is 0.305 e. The summed E-state index contributed by atoms with van der Waals surface area (Å²) in [7, 11) is 0. The topological polar surface area (TPSA) is 45.8 Å². The van der Waals surface area contributed by atoms with Crippen LogP contribution >= 0.6 is 0 Å². The summed E-state index contributed by atoms with van der Waals surface area (Å²) in [6, 6.07) is 8.49. The van der Waals surface area contributed by atoms with Crippen molar-refractivity contribution in [2.75, 3.05) is 0 Å². The molecule has 0 aliphatic heterocycles. The minimum atomic E-state index is -0.287. The SMILES string of the molecule is Cc1cnc(=O)[nH]c1-c1cccc(C2CCC2)c1. The molecule has 0 unspecified atom stereocenters. The fourth-order valence-electron chi connectivity index (χ4n) is 2.45. The summed E-state index contributed by atoms with van der Waals surface area (Å²) in [5.41, 5.74) is 4.06. The Hall–Kier alpha value is -1.90. The summed E-state index contributed by atoms with van der Waals surface area (Å²) in [6.07, 6.45) is 5.54. The van der Waals surface area contributed by atoms with Gasteiger partial charge in [-0.05, 0) is 48.4 Å². The molecule has 1 fully saturated rings. The highest BCUT2D eigenvalue weighted by atomic mass is 16.1. The molecule has 1 aromatic carbocycles. The molecule has 3 heteroatoms. The van der Waals surface area contributed by atoms with Gasteiger partial charge in [0.25, 0.3) is 0 Å². The van der Waals surface area contributed by atoms with Crippen molar-refractivity contribution in [1.82, 2.24) is 9.97 Å². The molecule has 1 heterocycles. The summed E-state index contributed by atoms with van der Waals surface area (Å²) < 4.78 is 0. The van der Waals surface area contributed by atoms with Crippen LogP contribution in [0.4, 0.5) is 0 Å². The zero-order chi connectivity index (χ0) is 12.5. The normalized spacial score (nSPS) is 15.4. The fourth-order valence-corrected chi connectivity index (χ4v) is 2.45. The van der Waals surface area contributed by atoms with Crippen LogP contribution in [0.1, 0.15) is 36.3 Å². The minimum absolute atomic E-state index is 0.287. The number of aryl methyl sites for hydroxylation is 1. The molecule has 0 radical (unpaired) electrons. The van der Waals surface area contributed by atoms with Crippen molar-refractivity contribution >= 4 is 0 Å². The third-order valence-electron chi connectivity index (χ3n) is 3.75. The van der Waals surface area contributed by atoms with E-state index in [9.17, 15) is 4.79 Å². The Morgan fingerprint density at radius 3 is 2.89 bits per heavy atom. The second-order valence-corrected chi connectivity index (χ2v) is 5.00. The van der Waals surface area contributed by atoms with E-state index in [1.54, 1.807) is 6.20 Å². The lowest BCUT2D eigenvalue weighted by atomic mass is 9.79. The van der Waals surface area contributed by atoms with Gasteiger partial charge in [-0.2, -0.15) is 0 Å². The number of nitrogens with one attached hydrogen (secondary N) is 1. The molecule has 0 atom stereocenters. The van der Waals surface area contributed by atoms with Gasteiger partial charge < -0.3 is 4.98 Å². The number of hydrogen-bond donors (Lipinski definition) is 1. The molecule has 2 aromatic rings. The third-order valence-corrected chi connectivity index (χ3v) is 3.75. The zero-order valence-electron chi connectivity index (χ0n) is 10.4. The Bertz CT molecular complexity index is 626. The lowest BCUT2D eigenvalue weighted by Gasteiger charge is -2.26. The molecule has 1 aromatic heterocycles. The van der Waals surface area contributed by atoms with Crippen LogP contribution in [-0.2, 0) is 0 Å². The second-order valence-electron chi connectivity index (χ2n) is 5.00. The molecular weight excluding hydrogens is 224 g/mol. The number of rotatable bonds is 2. The van der Waals surface area contributed by atoms with Crippen LogP contribution in [0.15, 0.2) is 35.3 Å². The molecule has 18 heavy (non-hydrogen) atoms. The van der Waals surface area contributed by atoms with Crippen LogP contribution in [0.5, 0.6) is 0 Å². The summed E-state index contributed by atoms with van der Waals surface area (Å²) in [6.45, 7) is 1.97. The first-order valence-electron chi connectivity index (χ1n) is 6.40. The Balaban J connectivity index is 2.05. The molecule has 0 bridgehead atoms. The van der Waals surface area contributed by atoms with Crippen molar-refractivity contribution in [1.29, 1.82) is 0 Å². The van der Waals surface area contributed by atoms with Gasteiger partial charge in [0.2, 0.25) is 0 Å². The number of aromatic amines is 1. The lowest BCUT2D eigenvalue weighted by Crippen LogP contribution is -2.12. The van der Waals surface area contributed by atoms with Crippen molar-refractivity contribution < 1.29 is 0 Å². The number of hydrogen-bond acceptors (Lipinski definition) is 2. The molecule has 1 aliphatic carbocycles. The highest BCUT2D eigenvalue weighted by Crippen LogP contribution is 2.37. The van der Waals surface area contributed by atoms with Gasteiger partial charge >= 0.3 is 5.69 Å². The van der Waals surface area contributed by atoms with E-state index in [0.29, 0.717) is 5.92 Å². The number of nitrogens with zero attached hydrogens (tertiary/aromatic N) is 1. The Labute approximate surface area is 106 Å². The standard InChI is InChI=1S/C15H16N2O/c1-10-9-16-15(18)17-14(10)13-7-3-6-12(8-13)11-4-2-5-11/h3,6-9,11H,2,4-5H2,1H3,(H,16,17,18). The highest BCUT2D eigenvalue weighted by Gasteiger charge is 2.19. The molecule has 92 valence electrons. The van der Waals surface area contributed by atoms with Gasteiger partial charge in [-0.1, -0.05) is 24.6 Å². The van der Waals surface area contributed by atoms with Crippen LogP contribution in [0.25, 0.3) is 11.3 Å². The van der Waals surface area contributed by atoms with Crippen LogP contribution in [-0.4, -0.2) is 9.97 Å². The van der Waals surface area contributed by atoms with Gasteiger partial charge in [0.15, 0.2) is 0 Å². The van der Waals surface area contributed by atoms with Crippen LogP contribution in [0, 0.1) is 6.92 Å². The van der Waals surface area contributed by atoms with Crippen LogP contribution in [0.3, 0.4) is 0 Å². The first kappa shape index (κ1) is 11.2. The van der Waals surface area contributed by atoms with Gasteiger partial charge in [-0.3, -0.25) is 0 Å². The predicted octanol–water partition coefficient (Wildman–Crippen LogP) is 3.01. The summed E-state index contributed by atoms with van der Waals surface area (Å²) in [5, 5.41) is 0. The Morgan fingerprint density at radius 2 is 2.17 bits per heavy atom. The van der Waals surface area contributed by atoms with Gasteiger partial charge in [-0.15, -0.1) is 0 Å². The second kappa shape index (κ2) is 4.41. The molecule has 0 spiro atoms.